The van der Waals surface area contributed by atoms with E-state index in [1.807, 2.05) is 30.9 Å². The lowest BCUT2D eigenvalue weighted by molar-refractivity contribution is -0.136. The highest BCUT2D eigenvalue weighted by molar-refractivity contribution is 6.30. The zero-order valence-corrected chi connectivity index (χ0v) is 22.2. The minimum atomic E-state index is -0.979. The fourth-order valence-electron chi connectivity index (χ4n) is 4.78. The van der Waals surface area contributed by atoms with Crippen molar-refractivity contribution >= 4 is 48.1 Å². The smallest absolute Gasteiger partial charge is 0.234 e. The lowest BCUT2D eigenvalue weighted by Gasteiger charge is -2.38. The normalized spacial score (nSPS) is 19.2. The van der Waals surface area contributed by atoms with Crippen LogP contribution in [0.4, 0.5) is 5.82 Å². The molecule has 0 radical (unpaired) electrons. The molecule has 1 aliphatic heterocycles. The van der Waals surface area contributed by atoms with Gasteiger partial charge in [-0.15, -0.1) is 24.8 Å². The first-order valence-electron chi connectivity index (χ1n) is 11.4. The maximum atomic E-state index is 13.5. The molecule has 10 heteroatoms. The number of benzene rings is 1. The van der Waals surface area contributed by atoms with Crippen LogP contribution in [0, 0.1) is 0 Å². The summed E-state index contributed by atoms with van der Waals surface area (Å²) in [4.78, 5) is 26.7. The van der Waals surface area contributed by atoms with E-state index in [4.69, 9.17) is 11.6 Å². The molecule has 1 saturated heterocycles. The van der Waals surface area contributed by atoms with Crippen LogP contribution in [0.5, 0.6) is 0 Å². The van der Waals surface area contributed by atoms with Gasteiger partial charge in [0.15, 0.2) is 0 Å². The summed E-state index contributed by atoms with van der Waals surface area (Å²) in [6.45, 7) is 8.73. The molecule has 34 heavy (non-hydrogen) atoms. The minimum absolute atomic E-state index is 0. The standard InChI is InChI=1S/C24H32ClN5O2.2ClH/c1-15(2)28-23(31)21(17-5-7-18(25)8-6-17)24(32)30-12-10-29(11-13-30)22-20-16(3)4-9-19(20)26-14-27-22;;/h5-8,14-16,21,23,28,31H,4,9-13H2,1-3H3;2*1H/t16-,21?,23?;;/m1../s1. The highest BCUT2D eigenvalue weighted by Crippen LogP contribution is 2.37. The Balaban J connectivity index is 0.00000204. The second kappa shape index (κ2) is 12.4. The van der Waals surface area contributed by atoms with Gasteiger partial charge >= 0.3 is 0 Å². The number of aryl methyl sites for hydroxylation is 1. The van der Waals surface area contributed by atoms with Gasteiger partial charge in [0.25, 0.3) is 0 Å². The SMILES string of the molecule is CC(C)NC(O)C(C(=O)N1CCN(c2ncnc3c2[C@H](C)CC3)CC1)c1ccc(Cl)cc1.Cl.Cl. The van der Waals surface area contributed by atoms with Gasteiger partial charge in [-0.3, -0.25) is 10.1 Å². The van der Waals surface area contributed by atoms with Crippen LogP contribution in [0.3, 0.4) is 0 Å². The molecule has 1 aromatic heterocycles. The Bertz CT molecular complexity index is 952. The summed E-state index contributed by atoms with van der Waals surface area (Å²) in [5, 5.41) is 14.5. The predicted molar refractivity (Wildman–Crippen MR) is 141 cm³/mol. The van der Waals surface area contributed by atoms with Crippen molar-refractivity contribution in [3.63, 3.8) is 0 Å². The molecule has 4 rings (SSSR count). The molecule has 7 nitrogen and oxygen atoms in total. The number of piperazine rings is 1. The molecule has 2 unspecified atom stereocenters. The highest BCUT2D eigenvalue weighted by Gasteiger charge is 2.35. The van der Waals surface area contributed by atoms with E-state index in [-0.39, 0.29) is 36.8 Å². The Kier molecular flexibility index (Phi) is 10.4. The largest absolute Gasteiger partial charge is 0.377 e. The molecular weight excluding hydrogens is 497 g/mol. The number of amides is 1. The Morgan fingerprint density at radius 3 is 2.38 bits per heavy atom. The Morgan fingerprint density at radius 1 is 1.12 bits per heavy atom. The van der Waals surface area contributed by atoms with Crippen LogP contribution in [-0.2, 0) is 11.2 Å². The third-order valence-electron chi connectivity index (χ3n) is 6.46. The molecule has 2 N–H and O–H groups in total. The van der Waals surface area contributed by atoms with Gasteiger partial charge in [0, 0.05) is 48.5 Å². The first-order chi connectivity index (χ1) is 15.3. The van der Waals surface area contributed by atoms with Gasteiger partial charge in [0.1, 0.15) is 24.3 Å². The average Bonchev–Trinajstić information content (AvgIpc) is 3.16. The third-order valence-corrected chi connectivity index (χ3v) is 6.71. The van der Waals surface area contributed by atoms with E-state index in [0.717, 1.165) is 29.9 Å². The maximum Gasteiger partial charge on any atom is 0.234 e. The number of nitrogens with one attached hydrogen (secondary N) is 1. The Labute approximate surface area is 219 Å². The molecule has 0 saturated carbocycles. The van der Waals surface area contributed by atoms with E-state index in [1.165, 1.54) is 5.56 Å². The van der Waals surface area contributed by atoms with Gasteiger partial charge in [-0.25, -0.2) is 9.97 Å². The first kappa shape index (κ1) is 28.6. The number of aliphatic hydroxyl groups excluding tert-OH is 1. The second-order valence-electron chi connectivity index (χ2n) is 9.11. The molecule has 0 spiro atoms. The van der Waals surface area contributed by atoms with Gasteiger partial charge in [-0.2, -0.15) is 0 Å². The van der Waals surface area contributed by atoms with E-state index in [1.54, 1.807) is 18.5 Å². The van der Waals surface area contributed by atoms with E-state index in [0.29, 0.717) is 37.1 Å². The summed E-state index contributed by atoms with van der Waals surface area (Å²) in [6, 6.07) is 7.20. The van der Waals surface area contributed by atoms with Crippen molar-refractivity contribution < 1.29 is 9.90 Å². The fourth-order valence-corrected chi connectivity index (χ4v) is 4.90. The quantitative estimate of drug-likeness (QED) is 0.553. The molecule has 1 aromatic carbocycles. The minimum Gasteiger partial charge on any atom is -0.377 e. The molecule has 2 aromatic rings. The molecule has 3 atom stereocenters. The number of rotatable bonds is 6. The predicted octanol–water partition coefficient (Wildman–Crippen LogP) is 3.77. The summed E-state index contributed by atoms with van der Waals surface area (Å²) < 4.78 is 0. The number of aliphatic hydroxyl groups is 1. The molecule has 2 heterocycles. The number of halogens is 3. The molecule has 1 aliphatic carbocycles. The van der Waals surface area contributed by atoms with Crippen molar-refractivity contribution in [2.75, 3.05) is 31.1 Å². The summed E-state index contributed by atoms with van der Waals surface area (Å²) >= 11 is 6.04. The van der Waals surface area contributed by atoms with Crippen molar-refractivity contribution in [2.24, 2.45) is 0 Å². The average molecular weight is 531 g/mol. The summed E-state index contributed by atoms with van der Waals surface area (Å²) in [5.74, 6) is 0.716. The number of hydrogen-bond donors (Lipinski definition) is 2. The Morgan fingerprint density at radius 2 is 1.76 bits per heavy atom. The number of anilines is 1. The van der Waals surface area contributed by atoms with Gasteiger partial charge in [0.2, 0.25) is 5.91 Å². The van der Waals surface area contributed by atoms with Crippen LogP contribution < -0.4 is 10.2 Å². The van der Waals surface area contributed by atoms with Crippen molar-refractivity contribution in [2.45, 2.75) is 57.7 Å². The van der Waals surface area contributed by atoms with Crippen LogP contribution in [0.15, 0.2) is 30.6 Å². The molecule has 188 valence electrons. The van der Waals surface area contributed by atoms with Crippen molar-refractivity contribution in [1.29, 1.82) is 0 Å². The molecule has 0 bridgehead atoms. The number of carbonyl (C=O) groups is 1. The zero-order chi connectivity index (χ0) is 22.8. The van der Waals surface area contributed by atoms with Crippen LogP contribution in [0.25, 0.3) is 0 Å². The van der Waals surface area contributed by atoms with Crippen molar-refractivity contribution in [3.8, 4) is 0 Å². The van der Waals surface area contributed by atoms with Gasteiger partial charge in [-0.1, -0.05) is 30.7 Å². The van der Waals surface area contributed by atoms with E-state index >= 15 is 0 Å². The van der Waals surface area contributed by atoms with Crippen molar-refractivity contribution in [3.05, 3.63) is 52.4 Å². The zero-order valence-electron chi connectivity index (χ0n) is 19.8. The number of nitrogens with zero attached hydrogens (tertiary/aromatic N) is 4. The van der Waals surface area contributed by atoms with Crippen LogP contribution >= 0.6 is 36.4 Å². The van der Waals surface area contributed by atoms with Gasteiger partial charge in [-0.05, 0) is 50.3 Å². The third kappa shape index (κ3) is 6.13. The highest BCUT2D eigenvalue weighted by atomic mass is 35.5. The molecule has 1 amide bonds. The maximum absolute atomic E-state index is 13.5. The lowest BCUT2D eigenvalue weighted by Crippen LogP contribution is -2.53. The number of carbonyl (C=O) groups excluding carboxylic acids is 1. The summed E-state index contributed by atoms with van der Waals surface area (Å²) in [5.41, 5.74) is 3.18. The van der Waals surface area contributed by atoms with Crippen LogP contribution in [0.2, 0.25) is 5.02 Å². The van der Waals surface area contributed by atoms with Gasteiger partial charge in [0.05, 0.1) is 0 Å². The Hall–Kier alpha value is -1.64. The fraction of sp³-hybridized carbons (Fsp3) is 0.542. The monoisotopic (exact) mass is 529 g/mol. The topological polar surface area (TPSA) is 81.6 Å². The summed E-state index contributed by atoms with van der Waals surface area (Å²) in [7, 11) is 0. The first-order valence-corrected chi connectivity index (χ1v) is 11.8. The molecular formula is C24H34Cl3N5O2. The van der Waals surface area contributed by atoms with E-state index in [2.05, 4.69) is 27.1 Å². The van der Waals surface area contributed by atoms with E-state index < -0.39 is 12.1 Å². The van der Waals surface area contributed by atoms with Gasteiger partial charge < -0.3 is 14.9 Å². The van der Waals surface area contributed by atoms with Crippen LogP contribution in [0.1, 0.15) is 55.8 Å². The second-order valence-corrected chi connectivity index (χ2v) is 9.54. The van der Waals surface area contributed by atoms with Crippen molar-refractivity contribution in [1.82, 2.24) is 20.2 Å². The summed E-state index contributed by atoms with van der Waals surface area (Å²) in [6.07, 6.45) is 2.80. The van der Waals surface area contributed by atoms with E-state index in [9.17, 15) is 9.90 Å². The molecule has 2 aliphatic rings. The number of hydrogen-bond acceptors (Lipinski definition) is 6. The number of aromatic nitrogens is 2. The lowest BCUT2D eigenvalue weighted by atomic mass is 9.94. The number of fused-ring (bicyclic) bond motifs is 1. The van der Waals surface area contributed by atoms with Crippen LogP contribution in [-0.4, -0.2) is 64.3 Å². The molecule has 1 fully saturated rings.